The highest BCUT2D eigenvalue weighted by Crippen LogP contribution is 2.19. The van der Waals surface area contributed by atoms with Crippen molar-refractivity contribution in [3.05, 3.63) is 0 Å². The van der Waals surface area contributed by atoms with Crippen molar-refractivity contribution >= 4 is 17.5 Å². The lowest BCUT2D eigenvalue weighted by Gasteiger charge is -2.31. The molecule has 1 fully saturated rings. The molecule has 1 aliphatic rings. The maximum Gasteiger partial charge on any atom is 0.222 e. The SMILES string of the molecule is CCCCCCCCCC(=O)N1CCC(CCl)CC1. The molecular formula is C16H30ClNO. The highest BCUT2D eigenvalue weighted by Gasteiger charge is 2.21. The molecule has 1 saturated heterocycles. The second kappa shape index (κ2) is 10.5. The van der Waals surface area contributed by atoms with Crippen molar-refractivity contribution in [2.75, 3.05) is 19.0 Å². The summed E-state index contributed by atoms with van der Waals surface area (Å²) in [4.78, 5) is 14.1. The van der Waals surface area contributed by atoms with E-state index in [1.807, 2.05) is 4.90 Å². The third-order valence-electron chi connectivity index (χ3n) is 4.18. The third-order valence-corrected chi connectivity index (χ3v) is 4.62. The molecule has 0 aliphatic carbocycles. The zero-order valence-corrected chi connectivity index (χ0v) is 13.3. The molecule has 0 bridgehead atoms. The van der Waals surface area contributed by atoms with Gasteiger partial charge in [0.05, 0.1) is 0 Å². The minimum Gasteiger partial charge on any atom is -0.343 e. The number of carbonyl (C=O) groups excluding carboxylic acids is 1. The summed E-state index contributed by atoms with van der Waals surface area (Å²) in [5, 5.41) is 0. The monoisotopic (exact) mass is 287 g/mol. The molecule has 3 heteroatoms. The number of unbranched alkanes of at least 4 members (excludes halogenated alkanes) is 6. The first kappa shape index (κ1) is 16.8. The Bertz CT molecular complexity index is 237. The number of hydrogen-bond donors (Lipinski definition) is 0. The van der Waals surface area contributed by atoms with Gasteiger partial charge in [0.15, 0.2) is 0 Å². The van der Waals surface area contributed by atoms with Crippen LogP contribution in [0, 0.1) is 5.92 Å². The fourth-order valence-electron chi connectivity index (χ4n) is 2.73. The van der Waals surface area contributed by atoms with Crippen molar-refractivity contribution < 1.29 is 4.79 Å². The highest BCUT2D eigenvalue weighted by atomic mass is 35.5. The molecule has 112 valence electrons. The van der Waals surface area contributed by atoms with Crippen molar-refractivity contribution in [3.63, 3.8) is 0 Å². The lowest BCUT2D eigenvalue weighted by atomic mass is 9.98. The molecule has 0 aromatic heterocycles. The molecule has 0 aromatic carbocycles. The Balaban J connectivity index is 1.99. The molecule has 2 nitrogen and oxygen atoms in total. The summed E-state index contributed by atoms with van der Waals surface area (Å²) in [7, 11) is 0. The average molecular weight is 288 g/mol. The summed E-state index contributed by atoms with van der Waals surface area (Å²) in [6.45, 7) is 4.09. The lowest BCUT2D eigenvalue weighted by Crippen LogP contribution is -2.38. The Hall–Kier alpha value is -0.240. The van der Waals surface area contributed by atoms with Crippen LogP contribution in [-0.4, -0.2) is 29.8 Å². The van der Waals surface area contributed by atoms with Crippen LogP contribution in [0.2, 0.25) is 0 Å². The first-order chi connectivity index (χ1) is 9.27. The molecule has 1 rings (SSSR count). The average Bonchev–Trinajstić information content (AvgIpc) is 2.46. The van der Waals surface area contributed by atoms with E-state index in [0.29, 0.717) is 11.8 Å². The first-order valence-corrected chi connectivity index (χ1v) is 8.65. The molecule has 1 amide bonds. The Morgan fingerprint density at radius 1 is 1.05 bits per heavy atom. The molecule has 19 heavy (non-hydrogen) atoms. The van der Waals surface area contributed by atoms with Crippen LogP contribution >= 0.6 is 11.6 Å². The van der Waals surface area contributed by atoms with Gasteiger partial charge in [-0.2, -0.15) is 0 Å². The van der Waals surface area contributed by atoms with Crippen molar-refractivity contribution in [3.8, 4) is 0 Å². The van der Waals surface area contributed by atoms with Crippen LogP contribution in [0.25, 0.3) is 0 Å². The summed E-state index contributed by atoms with van der Waals surface area (Å²) in [6.07, 6.45) is 11.9. The number of piperidine rings is 1. The van der Waals surface area contributed by atoms with Crippen LogP contribution in [0.4, 0.5) is 0 Å². The van der Waals surface area contributed by atoms with E-state index in [1.165, 1.54) is 38.5 Å². The minimum atomic E-state index is 0.363. The Morgan fingerprint density at radius 2 is 1.63 bits per heavy atom. The molecular weight excluding hydrogens is 258 g/mol. The van der Waals surface area contributed by atoms with Gasteiger partial charge < -0.3 is 4.90 Å². The summed E-state index contributed by atoms with van der Waals surface area (Å²) in [5.74, 6) is 1.74. The van der Waals surface area contributed by atoms with Crippen LogP contribution in [0.15, 0.2) is 0 Å². The van der Waals surface area contributed by atoms with E-state index in [9.17, 15) is 4.79 Å². The van der Waals surface area contributed by atoms with E-state index < -0.39 is 0 Å². The Morgan fingerprint density at radius 3 is 2.21 bits per heavy atom. The number of halogens is 1. The van der Waals surface area contributed by atoms with Crippen molar-refractivity contribution in [1.29, 1.82) is 0 Å². The zero-order valence-electron chi connectivity index (χ0n) is 12.5. The fraction of sp³-hybridized carbons (Fsp3) is 0.938. The van der Waals surface area contributed by atoms with E-state index in [4.69, 9.17) is 11.6 Å². The van der Waals surface area contributed by atoms with E-state index in [1.54, 1.807) is 0 Å². The molecule has 0 spiro atoms. The molecule has 1 heterocycles. The largest absolute Gasteiger partial charge is 0.343 e. The summed E-state index contributed by atoms with van der Waals surface area (Å²) in [5.41, 5.74) is 0. The van der Waals surface area contributed by atoms with Crippen molar-refractivity contribution in [2.24, 2.45) is 5.92 Å². The van der Waals surface area contributed by atoms with Gasteiger partial charge in [-0.1, -0.05) is 45.4 Å². The number of nitrogens with zero attached hydrogens (tertiary/aromatic N) is 1. The standard InChI is InChI=1S/C16H30ClNO/c1-2-3-4-5-6-7-8-9-16(19)18-12-10-15(14-17)11-13-18/h15H,2-14H2,1H3. The summed E-state index contributed by atoms with van der Waals surface area (Å²) >= 11 is 5.86. The number of alkyl halides is 1. The van der Waals surface area contributed by atoms with Crippen LogP contribution in [0.1, 0.15) is 71.1 Å². The van der Waals surface area contributed by atoms with E-state index in [-0.39, 0.29) is 0 Å². The summed E-state index contributed by atoms with van der Waals surface area (Å²) in [6, 6.07) is 0. The molecule has 0 N–H and O–H groups in total. The quantitative estimate of drug-likeness (QED) is 0.448. The second-order valence-corrected chi connectivity index (χ2v) is 6.16. The molecule has 0 aromatic rings. The second-order valence-electron chi connectivity index (χ2n) is 5.85. The summed E-state index contributed by atoms with van der Waals surface area (Å²) < 4.78 is 0. The van der Waals surface area contributed by atoms with Crippen LogP contribution in [0.3, 0.4) is 0 Å². The normalized spacial score (nSPS) is 16.8. The van der Waals surface area contributed by atoms with Gasteiger partial charge in [0.2, 0.25) is 5.91 Å². The van der Waals surface area contributed by atoms with E-state index in [2.05, 4.69) is 6.92 Å². The van der Waals surface area contributed by atoms with Gasteiger partial charge in [-0.25, -0.2) is 0 Å². The van der Waals surface area contributed by atoms with Gasteiger partial charge >= 0.3 is 0 Å². The number of likely N-dealkylation sites (tertiary alicyclic amines) is 1. The van der Waals surface area contributed by atoms with Crippen LogP contribution < -0.4 is 0 Å². The van der Waals surface area contributed by atoms with Crippen molar-refractivity contribution in [1.82, 2.24) is 4.90 Å². The fourth-order valence-corrected chi connectivity index (χ4v) is 3.04. The Labute approximate surface area is 123 Å². The van der Waals surface area contributed by atoms with Gasteiger partial charge in [-0.05, 0) is 25.2 Å². The smallest absolute Gasteiger partial charge is 0.222 e. The lowest BCUT2D eigenvalue weighted by molar-refractivity contribution is -0.132. The maximum atomic E-state index is 12.0. The number of amides is 1. The predicted octanol–water partition coefficient (Wildman–Crippen LogP) is 4.60. The van der Waals surface area contributed by atoms with Crippen LogP contribution in [0.5, 0.6) is 0 Å². The molecule has 0 saturated carbocycles. The van der Waals surface area contributed by atoms with Gasteiger partial charge in [0.25, 0.3) is 0 Å². The molecule has 0 unspecified atom stereocenters. The van der Waals surface area contributed by atoms with Crippen molar-refractivity contribution in [2.45, 2.75) is 71.1 Å². The molecule has 0 atom stereocenters. The number of rotatable bonds is 9. The predicted molar refractivity (Wildman–Crippen MR) is 82.6 cm³/mol. The number of carbonyl (C=O) groups is 1. The molecule has 0 radical (unpaired) electrons. The third kappa shape index (κ3) is 7.20. The van der Waals surface area contributed by atoms with E-state index in [0.717, 1.165) is 44.7 Å². The van der Waals surface area contributed by atoms with E-state index >= 15 is 0 Å². The van der Waals surface area contributed by atoms with Crippen LogP contribution in [-0.2, 0) is 4.79 Å². The highest BCUT2D eigenvalue weighted by molar-refractivity contribution is 6.18. The van der Waals surface area contributed by atoms with Gasteiger partial charge in [0.1, 0.15) is 0 Å². The van der Waals surface area contributed by atoms with Gasteiger partial charge in [-0.3, -0.25) is 4.79 Å². The molecule has 1 aliphatic heterocycles. The minimum absolute atomic E-state index is 0.363. The van der Waals surface area contributed by atoms with Gasteiger partial charge in [-0.15, -0.1) is 11.6 Å². The number of hydrogen-bond acceptors (Lipinski definition) is 1. The Kier molecular flexibility index (Phi) is 9.32. The first-order valence-electron chi connectivity index (χ1n) is 8.11. The zero-order chi connectivity index (χ0) is 13.9. The maximum absolute atomic E-state index is 12.0. The topological polar surface area (TPSA) is 20.3 Å². The van der Waals surface area contributed by atoms with Gasteiger partial charge in [0, 0.05) is 25.4 Å².